The van der Waals surface area contributed by atoms with Gasteiger partial charge in [-0.1, -0.05) is 32.0 Å². The fraction of sp³-hybridized carbons (Fsp3) is 0.538. The van der Waals surface area contributed by atoms with Crippen LogP contribution in [0.15, 0.2) is 24.3 Å². The monoisotopic (exact) mass is 236 g/mol. The predicted octanol–water partition coefficient (Wildman–Crippen LogP) is 2.77. The number of hydrogen-bond donors (Lipinski definition) is 1. The molecule has 0 amide bonds. The molecular formula is C13H20N2O2. The van der Waals surface area contributed by atoms with E-state index in [1.807, 2.05) is 12.1 Å². The Balaban J connectivity index is 2.77. The number of nitro groups is 1. The van der Waals surface area contributed by atoms with Gasteiger partial charge in [-0.05, 0) is 25.8 Å². The number of rotatable bonds is 6. The van der Waals surface area contributed by atoms with Crippen LogP contribution in [-0.4, -0.2) is 17.5 Å². The van der Waals surface area contributed by atoms with Gasteiger partial charge >= 0.3 is 0 Å². The molecule has 0 saturated carbocycles. The SMILES string of the molecule is CCNC(C)C(C)Cc1ccccc1[N+](=O)[O-]. The first-order valence-corrected chi connectivity index (χ1v) is 6.02. The lowest BCUT2D eigenvalue weighted by Gasteiger charge is -2.20. The summed E-state index contributed by atoms with van der Waals surface area (Å²) >= 11 is 0. The number of para-hydroxylation sites is 1. The molecule has 0 saturated heterocycles. The summed E-state index contributed by atoms with van der Waals surface area (Å²) in [5.74, 6) is 0.371. The van der Waals surface area contributed by atoms with Crippen molar-refractivity contribution >= 4 is 5.69 Å². The number of nitro benzene ring substituents is 1. The first-order valence-electron chi connectivity index (χ1n) is 6.02. The molecule has 1 rings (SSSR count). The van der Waals surface area contributed by atoms with Crippen LogP contribution < -0.4 is 5.32 Å². The number of hydrogen-bond acceptors (Lipinski definition) is 3. The van der Waals surface area contributed by atoms with Crippen LogP contribution in [-0.2, 0) is 6.42 Å². The summed E-state index contributed by atoms with van der Waals surface area (Å²) < 4.78 is 0. The Morgan fingerprint density at radius 1 is 1.35 bits per heavy atom. The summed E-state index contributed by atoms with van der Waals surface area (Å²) in [6.45, 7) is 7.21. The van der Waals surface area contributed by atoms with Gasteiger partial charge < -0.3 is 5.32 Å². The molecule has 0 fully saturated rings. The van der Waals surface area contributed by atoms with Crippen molar-refractivity contribution in [3.8, 4) is 0 Å². The summed E-state index contributed by atoms with van der Waals surface area (Å²) in [4.78, 5) is 10.6. The van der Waals surface area contributed by atoms with E-state index in [0.717, 1.165) is 18.5 Å². The summed E-state index contributed by atoms with van der Waals surface area (Å²) in [5, 5.41) is 14.2. The molecule has 0 bridgehead atoms. The Labute approximate surface area is 102 Å². The zero-order valence-corrected chi connectivity index (χ0v) is 10.6. The van der Waals surface area contributed by atoms with Gasteiger partial charge in [-0.2, -0.15) is 0 Å². The molecule has 4 nitrogen and oxygen atoms in total. The summed E-state index contributed by atoms with van der Waals surface area (Å²) in [6.07, 6.45) is 0.728. The second-order valence-corrected chi connectivity index (χ2v) is 4.41. The Morgan fingerprint density at radius 3 is 2.59 bits per heavy atom. The first-order chi connectivity index (χ1) is 8.06. The van der Waals surface area contributed by atoms with Gasteiger partial charge in [-0.15, -0.1) is 0 Å². The minimum Gasteiger partial charge on any atom is -0.314 e. The molecule has 17 heavy (non-hydrogen) atoms. The number of nitrogens with one attached hydrogen (secondary N) is 1. The van der Waals surface area contributed by atoms with Crippen molar-refractivity contribution in [2.45, 2.75) is 33.2 Å². The molecule has 0 aliphatic rings. The van der Waals surface area contributed by atoms with E-state index in [-0.39, 0.29) is 10.6 Å². The Bertz CT molecular complexity index is 379. The maximum atomic E-state index is 10.9. The lowest BCUT2D eigenvalue weighted by Crippen LogP contribution is -2.32. The fourth-order valence-corrected chi connectivity index (χ4v) is 1.91. The molecule has 2 atom stereocenters. The van der Waals surface area contributed by atoms with E-state index in [9.17, 15) is 10.1 Å². The van der Waals surface area contributed by atoms with Gasteiger partial charge in [0, 0.05) is 17.7 Å². The van der Waals surface area contributed by atoms with Gasteiger partial charge in [0.1, 0.15) is 0 Å². The van der Waals surface area contributed by atoms with Gasteiger partial charge in [-0.3, -0.25) is 10.1 Å². The Hall–Kier alpha value is -1.42. The maximum Gasteiger partial charge on any atom is 0.272 e. The highest BCUT2D eigenvalue weighted by Gasteiger charge is 2.17. The topological polar surface area (TPSA) is 55.2 Å². The van der Waals surface area contributed by atoms with Crippen LogP contribution in [0, 0.1) is 16.0 Å². The highest BCUT2D eigenvalue weighted by molar-refractivity contribution is 5.40. The molecule has 0 aromatic heterocycles. The smallest absolute Gasteiger partial charge is 0.272 e. The van der Waals surface area contributed by atoms with Gasteiger partial charge in [0.25, 0.3) is 5.69 Å². The predicted molar refractivity (Wildman–Crippen MR) is 69.1 cm³/mol. The quantitative estimate of drug-likeness (QED) is 0.610. The van der Waals surface area contributed by atoms with Crippen LogP contribution in [0.25, 0.3) is 0 Å². The summed E-state index contributed by atoms with van der Waals surface area (Å²) in [5.41, 5.74) is 1.04. The van der Waals surface area contributed by atoms with Crippen molar-refractivity contribution < 1.29 is 4.92 Å². The molecule has 0 radical (unpaired) electrons. The lowest BCUT2D eigenvalue weighted by molar-refractivity contribution is -0.385. The largest absolute Gasteiger partial charge is 0.314 e. The molecule has 94 valence electrons. The molecule has 0 aliphatic carbocycles. The second kappa shape index (κ2) is 6.35. The molecule has 1 aromatic rings. The second-order valence-electron chi connectivity index (χ2n) is 4.41. The van der Waals surface area contributed by atoms with Crippen LogP contribution in [0.5, 0.6) is 0 Å². The van der Waals surface area contributed by atoms with Crippen molar-refractivity contribution in [3.05, 3.63) is 39.9 Å². The third kappa shape index (κ3) is 3.82. The molecule has 1 N–H and O–H groups in total. The lowest BCUT2D eigenvalue weighted by atomic mass is 9.94. The first kappa shape index (κ1) is 13.6. The van der Waals surface area contributed by atoms with E-state index in [1.165, 1.54) is 0 Å². The minimum absolute atomic E-state index is 0.225. The molecule has 0 spiro atoms. The average molecular weight is 236 g/mol. The third-order valence-corrected chi connectivity index (χ3v) is 3.11. The maximum absolute atomic E-state index is 10.9. The van der Waals surface area contributed by atoms with Crippen LogP contribution in [0.4, 0.5) is 5.69 Å². The molecule has 0 heterocycles. The highest BCUT2D eigenvalue weighted by atomic mass is 16.6. The highest BCUT2D eigenvalue weighted by Crippen LogP contribution is 2.22. The van der Waals surface area contributed by atoms with E-state index >= 15 is 0 Å². The normalized spacial score (nSPS) is 14.3. The van der Waals surface area contributed by atoms with E-state index in [4.69, 9.17) is 0 Å². The van der Waals surface area contributed by atoms with Gasteiger partial charge in [0.05, 0.1) is 4.92 Å². The van der Waals surface area contributed by atoms with Crippen molar-refractivity contribution in [2.75, 3.05) is 6.54 Å². The van der Waals surface area contributed by atoms with E-state index in [2.05, 4.69) is 26.1 Å². The van der Waals surface area contributed by atoms with Crippen molar-refractivity contribution in [1.82, 2.24) is 5.32 Å². The minimum atomic E-state index is -0.306. The standard InChI is InChI=1S/C13H20N2O2/c1-4-14-11(3)10(2)9-12-7-5-6-8-13(12)15(16)17/h5-8,10-11,14H,4,9H2,1-3H3. The molecule has 2 unspecified atom stereocenters. The van der Waals surface area contributed by atoms with Crippen LogP contribution in [0.1, 0.15) is 26.3 Å². The van der Waals surface area contributed by atoms with E-state index in [0.29, 0.717) is 12.0 Å². The van der Waals surface area contributed by atoms with E-state index < -0.39 is 0 Å². The zero-order chi connectivity index (χ0) is 12.8. The van der Waals surface area contributed by atoms with Crippen molar-refractivity contribution in [2.24, 2.45) is 5.92 Å². The molecule has 0 aliphatic heterocycles. The number of benzene rings is 1. The Morgan fingerprint density at radius 2 is 2.00 bits per heavy atom. The van der Waals surface area contributed by atoms with Crippen LogP contribution >= 0.6 is 0 Å². The van der Waals surface area contributed by atoms with Gasteiger partial charge in [-0.25, -0.2) is 0 Å². The number of nitrogens with zero attached hydrogens (tertiary/aromatic N) is 1. The zero-order valence-electron chi connectivity index (χ0n) is 10.6. The van der Waals surface area contributed by atoms with E-state index in [1.54, 1.807) is 12.1 Å². The van der Waals surface area contributed by atoms with Crippen LogP contribution in [0.2, 0.25) is 0 Å². The molecular weight excluding hydrogens is 216 g/mol. The van der Waals surface area contributed by atoms with Gasteiger partial charge in [0.2, 0.25) is 0 Å². The Kier molecular flexibility index (Phi) is 5.10. The fourth-order valence-electron chi connectivity index (χ4n) is 1.91. The van der Waals surface area contributed by atoms with Crippen LogP contribution in [0.3, 0.4) is 0 Å². The van der Waals surface area contributed by atoms with Crippen molar-refractivity contribution in [3.63, 3.8) is 0 Å². The third-order valence-electron chi connectivity index (χ3n) is 3.11. The molecule has 4 heteroatoms. The van der Waals surface area contributed by atoms with Gasteiger partial charge in [0.15, 0.2) is 0 Å². The van der Waals surface area contributed by atoms with Crippen molar-refractivity contribution in [1.29, 1.82) is 0 Å². The summed E-state index contributed by atoms with van der Waals surface area (Å²) in [7, 11) is 0. The summed E-state index contributed by atoms with van der Waals surface area (Å²) in [6, 6.07) is 7.33. The average Bonchev–Trinajstić information content (AvgIpc) is 2.29. The molecule has 1 aromatic carbocycles.